The number of carbonyl (C=O) groups excluding carboxylic acids is 1. The van der Waals surface area contributed by atoms with Crippen LogP contribution in [0, 0.1) is 0 Å². The second-order valence-electron chi connectivity index (χ2n) is 29.0. The van der Waals surface area contributed by atoms with E-state index >= 15 is 4.79 Å². The number of carbonyl (C=O) groups is 1. The summed E-state index contributed by atoms with van der Waals surface area (Å²) in [5.41, 5.74) is 22.4. The highest BCUT2D eigenvalue weighted by molar-refractivity contribution is 7.99. The van der Waals surface area contributed by atoms with Gasteiger partial charge in [0.15, 0.2) is 11.3 Å². The minimum Gasteiger partial charge on any atom is -0.383 e. The van der Waals surface area contributed by atoms with E-state index in [0.29, 0.717) is 25.3 Å². The average Bonchev–Trinajstić information content (AvgIpc) is 0.717. The van der Waals surface area contributed by atoms with Crippen LogP contribution in [0.25, 0.3) is 10.8 Å². The van der Waals surface area contributed by atoms with E-state index in [-0.39, 0.29) is 5.91 Å². The molecule has 0 fully saturated rings. The van der Waals surface area contributed by atoms with E-state index in [2.05, 4.69) is 235 Å². The van der Waals surface area contributed by atoms with Crippen LogP contribution < -0.4 is 58.9 Å². The predicted octanol–water partition coefficient (Wildman–Crippen LogP) is 23.9. The number of fused-ring (bicyclic) bond motifs is 1. The molecular formula is C88H151N13OS. The number of thioether (sulfide) groups is 1. The number of hydrazine groups is 4. The smallest absolute Gasteiger partial charge is 0.263 e. The van der Waals surface area contributed by atoms with Crippen molar-refractivity contribution in [3.63, 3.8) is 0 Å². The average molecular weight is 1440 g/mol. The Kier molecular flexibility index (Phi) is 48.1. The lowest BCUT2D eigenvalue weighted by molar-refractivity contribution is -0.129. The highest BCUT2D eigenvalue weighted by atomic mass is 32.2. The van der Waals surface area contributed by atoms with Crippen molar-refractivity contribution in [2.24, 2.45) is 0 Å². The summed E-state index contributed by atoms with van der Waals surface area (Å²) in [4.78, 5) is 18.1. The standard InChI is InChI=1S/C88H151N13OS/c1-10-19-26-31-34-36-39-52-70-93-87(65-74-103-18-9,100(98-77-61-46-43-47-62-77)99-79-64-56-58-75-57-48-49-63-78(75)79)86(102)97-82-80(81(90-69-51-30-23-14-5)83(92-68-50-24-15-6)85(91-67-25-16-7)84(82)89-66-17-8)88(76-59-44-42-45-60-76,94-71-53-38-29-22-13-4)101(95-72-54-40-33-28-21-12-3)96-73-55-41-37-35-32-27-20-11-2/h42-49,56-64,89-96,98-99H,10-41,50-55,65-74H2,1-9H3,(H,97,102)/t87-,88?/m0/s1. The van der Waals surface area contributed by atoms with Crippen LogP contribution in [0.2, 0.25) is 0 Å². The molecule has 0 saturated carbocycles. The lowest BCUT2D eigenvalue weighted by atomic mass is 9.85. The number of nitrogens with zero attached hydrogens (tertiary/aromatic N) is 2. The molecule has 0 heterocycles. The summed E-state index contributed by atoms with van der Waals surface area (Å²) in [5, 5.41) is 36.5. The van der Waals surface area contributed by atoms with Crippen molar-refractivity contribution in [2.45, 2.75) is 318 Å². The van der Waals surface area contributed by atoms with Gasteiger partial charge in [0.25, 0.3) is 5.91 Å². The van der Waals surface area contributed by atoms with Crippen LogP contribution in [0.15, 0.2) is 103 Å². The zero-order valence-corrected chi connectivity index (χ0v) is 67.8. The SMILES string of the molecule is CCCCCCCCCCNN(NCCCCCCCC)C(NCCCCCCC)(c1ccccc1)c1c(NCCCCCC)c(NCCCCC)c(NCCCC)c(NCCC)c1NC(=O)[C@@](CCSCC)(NCCCCCCCCCC)N(Nc1ccccc1)Nc1cccc2ccccc12. The lowest BCUT2D eigenvalue weighted by Crippen LogP contribution is -2.70. The van der Waals surface area contributed by atoms with Gasteiger partial charge in [0.1, 0.15) is 0 Å². The fourth-order valence-corrected chi connectivity index (χ4v) is 14.9. The molecular weight excluding hydrogens is 1290 g/mol. The number of hydrogen-bond acceptors (Lipinski definition) is 14. The van der Waals surface area contributed by atoms with Gasteiger partial charge in [-0.25, -0.2) is 10.9 Å². The summed E-state index contributed by atoms with van der Waals surface area (Å²) in [6, 6.07) is 36.8. The van der Waals surface area contributed by atoms with Gasteiger partial charge in [0.2, 0.25) is 0 Å². The Morgan fingerprint density at radius 2 is 0.777 bits per heavy atom. The number of nitrogens with one attached hydrogen (secondary N) is 11. The third kappa shape index (κ3) is 31.2. The van der Waals surface area contributed by atoms with Crippen LogP contribution in [0.3, 0.4) is 0 Å². The van der Waals surface area contributed by atoms with Crippen molar-refractivity contribution < 1.29 is 4.79 Å². The molecule has 580 valence electrons. The fraction of sp³-hybridized carbons (Fsp3) is 0.670. The zero-order chi connectivity index (χ0) is 73.5. The Hall–Kier alpha value is -5.26. The van der Waals surface area contributed by atoms with E-state index in [9.17, 15) is 0 Å². The maximum atomic E-state index is 18.1. The summed E-state index contributed by atoms with van der Waals surface area (Å²) in [6.07, 6.45) is 43.2. The van der Waals surface area contributed by atoms with Gasteiger partial charge in [-0.05, 0) is 105 Å². The monoisotopic (exact) mass is 1440 g/mol. The van der Waals surface area contributed by atoms with Gasteiger partial charge in [-0.15, -0.1) is 5.12 Å². The molecule has 2 atom stereocenters. The first-order valence-corrected chi connectivity index (χ1v) is 43.7. The Bertz CT molecular complexity index is 2900. The molecule has 11 N–H and O–H groups in total. The fourth-order valence-electron chi connectivity index (χ4n) is 14.1. The van der Waals surface area contributed by atoms with Crippen molar-refractivity contribution in [3.05, 3.63) is 114 Å². The number of amides is 1. The van der Waals surface area contributed by atoms with E-state index in [4.69, 9.17) is 0 Å². The minimum absolute atomic E-state index is 0.155. The van der Waals surface area contributed by atoms with E-state index in [0.717, 1.165) is 222 Å². The van der Waals surface area contributed by atoms with Crippen LogP contribution >= 0.6 is 11.8 Å². The molecule has 0 bridgehead atoms. The number of para-hydroxylation sites is 1. The molecule has 0 aliphatic rings. The molecule has 0 spiro atoms. The van der Waals surface area contributed by atoms with E-state index < -0.39 is 11.3 Å². The Morgan fingerprint density at radius 1 is 0.359 bits per heavy atom. The quantitative estimate of drug-likeness (QED) is 0.0102. The van der Waals surface area contributed by atoms with Gasteiger partial charge < -0.3 is 26.6 Å². The lowest BCUT2D eigenvalue weighted by Gasteiger charge is -2.48. The van der Waals surface area contributed by atoms with Crippen LogP contribution in [-0.2, 0) is 10.5 Å². The van der Waals surface area contributed by atoms with Crippen molar-refractivity contribution in [2.75, 3.05) is 101 Å². The van der Waals surface area contributed by atoms with Gasteiger partial charge in [-0.3, -0.25) is 26.3 Å². The molecule has 1 unspecified atom stereocenters. The van der Waals surface area contributed by atoms with Crippen molar-refractivity contribution >= 4 is 68.3 Å². The number of hydrogen-bond donors (Lipinski definition) is 11. The van der Waals surface area contributed by atoms with Gasteiger partial charge in [0.05, 0.1) is 39.8 Å². The van der Waals surface area contributed by atoms with Gasteiger partial charge in [-0.1, -0.05) is 333 Å². The number of anilines is 7. The molecule has 5 aromatic rings. The second-order valence-corrected chi connectivity index (χ2v) is 30.4. The van der Waals surface area contributed by atoms with E-state index in [1.165, 1.54) is 122 Å². The minimum atomic E-state index is -1.43. The molecule has 0 saturated heterocycles. The third-order valence-electron chi connectivity index (χ3n) is 20.2. The van der Waals surface area contributed by atoms with E-state index in [1.54, 1.807) is 0 Å². The number of unbranched alkanes of at least 4 members (excludes halogenated alkanes) is 29. The maximum absolute atomic E-state index is 18.1. The highest BCUT2D eigenvalue weighted by Crippen LogP contribution is 2.53. The molecule has 103 heavy (non-hydrogen) atoms. The first-order valence-electron chi connectivity index (χ1n) is 42.6. The summed E-state index contributed by atoms with van der Waals surface area (Å²) in [7, 11) is 0. The Labute approximate surface area is 634 Å². The first kappa shape index (κ1) is 88.4. The van der Waals surface area contributed by atoms with Gasteiger partial charge >= 0.3 is 0 Å². The number of rotatable bonds is 67. The topological polar surface area (TPSA) is 156 Å². The van der Waals surface area contributed by atoms with Crippen LogP contribution in [0.5, 0.6) is 0 Å². The Morgan fingerprint density at radius 3 is 1.33 bits per heavy atom. The predicted molar refractivity (Wildman–Crippen MR) is 456 cm³/mol. The van der Waals surface area contributed by atoms with E-state index in [1.807, 2.05) is 11.8 Å². The van der Waals surface area contributed by atoms with Crippen molar-refractivity contribution in [1.82, 2.24) is 31.7 Å². The van der Waals surface area contributed by atoms with Gasteiger partial charge in [0, 0.05) is 56.6 Å². The molecule has 14 nitrogen and oxygen atoms in total. The molecule has 5 rings (SSSR count). The summed E-state index contributed by atoms with van der Waals surface area (Å²) >= 11 is 1.89. The Balaban J connectivity index is 2.05. The maximum Gasteiger partial charge on any atom is 0.263 e. The zero-order valence-electron chi connectivity index (χ0n) is 67.0. The van der Waals surface area contributed by atoms with Crippen LogP contribution in [-0.4, -0.2) is 85.7 Å². The van der Waals surface area contributed by atoms with Crippen molar-refractivity contribution in [1.29, 1.82) is 0 Å². The molecule has 0 aliphatic carbocycles. The first-order chi connectivity index (χ1) is 50.8. The van der Waals surface area contributed by atoms with Crippen LogP contribution in [0.1, 0.15) is 317 Å². The molecule has 0 aromatic heterocycles. The molecule has 0 aliphatic heterocycles. The molecule has 1 amide bonds. The largest absolute Gasteiger partial charge is 0.383 e. The molecule has 15 heteroatoms. The third-order valence-corrected chi connectivity index (χ3v) is 21.1. The highest BCUT2D eigenvalue weighted by Gasteiger charge is 2.50. The molecule has 0 radical (unpaired) electrons. The normalized spacial score (nSPS) is 12.8. The number of benzene rings is 5. The summed E-state index contributed by atoms with van der Waals surface area (Å²) in [6.45, 7) is 26.5. The second kappa shape index (κ2) is 56.1. The summed E-state index contributed by atoms with van der Waals surface area (Å²) < 4.78 is 0. The van der Waals surface area contributed by atoms with Gasteiger partial charge in [-0.2, -0.15) is 16.9 Å². The molecule has 5 aromatic carbocycles. The summed E-state index contributed by atoms with van der Waals surface area (Å²) in [5.74, 6) is 1.48. The van der Waals surface area contributed by atoms with Crippen molar-refractivity contribution in [3.8, 4) is 0 Å². The van der Waals surface area contributed by atoms with Crippen LogP contribution in [0.4, 0.5) is 39.8 Å².